The summed E-state index contributed by atoms with van der Waals surface area (Å²) in [6.07, 6.45) is 4.65. The van der Waals surface area contributed by atoms with Crippen LogP contribution >= 0.6 is 0 Å². The molecule has 0 spiro atoms. The SMILES string of the molecule is Cc1ncc(CN2CCN(C)[C@H](CCO)C2)cn1. The molecule has 100 valence electrons. The van der Waals surface area contributed by atoms with Crippen molar-refractivity contribution >= 4 is 0 Å². The van der Waals surface area contributed by atoms with Crippen molar-refractivity contribution in [3.63, 3.8) is 0 Å². The Kier molecular flexibility index (Phi) is 4.63. The van der Waals surface area contributed by atoms with Crippen molar-refractivity contribution in [2.24, 2.45) is 0 Å². The molecule has 0 radical (unpaired) electrons. The first-order valence-corrected chi connectivity index (χ1v) is 6.50. The zero-order valence-corrected chi connectivity index (χ0v) is 11.2. The second kappa shape index (κ2) is 6.22. The Morgan fingerprint density at radius 2 is 2.06 bits per heavy atom. The van der Waals surface area contributed by atoms with Crippen LogP contribution in [0, 0.1) is 6.92 Å². The summed E-state index contributed by atoms with van der Waals surface area (Å²) >= 11 is 0. The van der Waals surface area contributed by atoms with Gasteiger partial charge in [-0.15, -0.1) is 0 Å². The molecule has 1 aromatic heterocycles. The maximum atomic E-state index is 9.08. The molecule has 1 fully saturated rings. The molecular weight excluding hydrogens is 228 g/mol. The molecule has 0 aliphatic carbocycles. The Labute approximate surface area is 108 Å². The number of aryl methyl sites for hydroxylation is 1. The minimum Gasteiger partial charge on any atom is -0.396 e. The number of likely N-dealkylation sites (N-methyl/N-ethyl adjacent to an activating group) is 1. The normalized spacial score (nSPS) is 22.3. The van der Waals surface area contributed by atoms with Gasteiger partial charge in [-0.05, 0) is 20.4 Å². The number of aliphatic hydroxyl groups excluding tert-OH is 1. The van der Waals surface area contributed by atoms with Crippen LogP contribution in [0.4, 0.5) is 0 Å². The van der Waals surface area contributed by atoms with Crippen LogP contribution in [0.5, 0.6) is 0 Å². The fraction of sp³-hybridized carbons (Fsp3) is 0.692. The van der Waals surface area contributed by atoms with E-state index in [0.717, 1.165) is 44.0 Å². The van der Waals surface area contributed by atoms with Gasteiger partial charge in [0, 0.05) is 56.8 Å². The lowest BCUT2D eigenvalue weighted by Gasteiger charge is -2.39. The number of aromatic nitrogens is 2. The lowest BCUT2D eigenvalue weighted by molar-refractivity contribution is 0.0742. The standard InChI is InChI=1S/C13H22N4O/c1-11-14-7-12(8-15-11)9-17-5-4-16(2)13(10-17)3-6-18/h7-8,13,18H,3-6,9-10H2,1-2H3/t13-/m1/s1. The maximum Gasteiger partial charge on any atom is 0.125 e. The van der Waals surface area contributed by atoms with Gasteiger partial charge in [0.2, 0.25) is 0 Å². The third-order valence-electron chi connectivity index (χ3n) is 3.56. The van der Waals surface area contributed by atoms with E-state index in [4.69, 9.17) is 5.11 Å². The van der Waals surface area contributed by atoms with E-state index in [1.807, 2.05) is 19.3 Å². The Bertz CT molecular complexity index is 368. The number of aliphatic hydroxyl groups is 1. The zero-order valence-electron chi connectivity index (χ0n) is 11.2. The largest absolute Gasteiger partial charge is 0.396 e. The molecule has 0 saturated carbocycles. The number of piperazine rings is 1. The molecule has 1 aliphatic rings. The van der Waals surface area contributed by atoms with Gasteiger partial charge < -0.3 is 10.0 Å². The van der Waals surface area contributed by atoms with Gasteiger partial charge in [0.1, 0.15) is 5.82 Å². The molecule has 0 unspecified atom stereocenters. The quantitative estimate of drug-likeness (QED) is 0.832. The third kappa shape index (κ3) is 3.48. The second-order valence-corrected chi connectivity index (χ2v) is 5.02. The number of rotatable bonds is 4. The Morgan fingerprint density at radius 1 is 1.33 bits per heavy atom. The van der Waals surface area contributed by atoms with Gasteiger partial charge in [-0.3, -0.25) is 4.90 Å². The van der Waals surface area contributed by atoms with Crippen LogP contribution in [0.15, 0.2) is 12.4 Å². The number of hydrogen-bond acceptors (Lipinski definition) is 5. The molecule has 0 aromatic carbocycles. The molecule has 1 saturated heterocycles. The van der Waals surface area contributed by atoms with Crippen molar-refractivity contribution in [1.29, 1.82) is 0 Å². The molecule has 1 aromatic rings. The molecule has 18 heavy (non-hydrogen) atoms. The highest BCUT2D eigenvalue weighted by atomic mass is 16.3. The fourth-order valence-electron chi connectivity index (χ4n) is 2.37. The van der Waals surface area contributed by atoms with E-state index in [-0.39, 0.29) is 6.61 Å². The minimum absolute atomic E-state index is 0.260. The highest BCUT2D eigenvalue weighted by Gasteiger charge is 2.23. The van der Waals surface area contributed by atoms with E-state index in [0.29, 0.717) is 6.04 Å². The van der Waals surface area contributed by atoms with Crippen LogP contribution in [0.1, 0.15) is 17.8 Å². The van der Waals surface area contributed by atoms with Gasteiger partial charge in [0.15, 0.2) is 0 Å². The van der Waals surface area contributed by atoms with Gasteiger partial charge in [-0.1, -0.05) is 0 Å². The molecule has 5 heteroatoms. The topological polar surface area (TPSA) is 52.5 Å². The lowest BCUT2D eigenvalue weighted by atomic mass is 10.1. The smallest absolute Gasteiger partial charge is 0.125 e. The van der Waals surface area contributed by atoms with Crippen LogP contribution in [-0.2, 0) is 6.54 Å². The first kappa shape index (κ1) is 13.4. The highest BCUT2D eigenvalue weighted by Crippen LogP contribution is 2.13. The number of hydrogen-bond donors (Lipinski definition) is 1. The van der Waals surface area contributed by atoms with E-state index in [9.17, 15) is 0 Å². The molecule has 2 heterocycles. The lowest BCUT2D eigenvalue weighted by Crippen LogP contribution is -2.51. The van der Waals surface area contributed by atoms with Crippen molar-refractivity contribution in [2.45, 2.75) is 25.9 Å². The summed E-state index contributed by atoms with van der Waals surface area (Å²) in [4.78, 5) is 13.2. The number of nitrogens with zero attached hydrogens (tertiary/aromatic N) is 4. The fourth-order valence-corrected chi connectivity index (χ4v) is 2.37. The summed E-state index contributed by atoms with van der Waals surface area (Å²) in [7, 11) is 2.13. The molecule has 1 aliphatic heterocycles. The minimum atomic E-state index is 0.260. The molecular formula is C13H22N4O. The first-order chi connectivity index (χ1) is 8.69. The molecule has 1 N–H and O–H groups in total. The average Bonchev–Trinajstić information content (AvgIpc) is 2.37. The van der Waals surface area contributed by atoms with Gasteiger partial charge >= 0.3 is 0 Å². The summed E-state index contributed by atoms with van der Waals surface area (Å²) in [6, 6.07) is 0.454. The second-order valence-electron chi connectivity index (χ2n) is 5.02. The van der Waals surface area contributed by atoms with Gasteiger partial charge in [0.05, 0.1) is 0 Å². The van der Waals surface area contributed by atoms with Crippen LogP contribution in [-0.4, -0.2) is 64.2 Å². The van der Waals surface area contributed by atoms with Crippen molar-refractivity contribution < 1.29 is 5.11 Å². The van der Waals surface area contributed by atoms with Crippen LogP contribution in [0.3, 0.4) is 0 Å². The molecule has 1 atom stereocenters. The van der Waals surface area contributed by atoms with E-state index < -0.39 is 0 Å². The third-order valence-corrected chi connectivity index (χ3v) is 3.56. The molecule has 0 amide bonds. The van der Waals surface area contributed by atoms with Crippen molar-refractivity contribution in [3.8, 4) is 0 Å². The maximum absolute atomic E-state index is 9.08. The van der Waals surface area contributed by atoms with Crippen molar-refractivity contribution in [2.75, 3.05) is 33.3 Å². The predicted molar refractivity (Wildman–Crippen MR) is 70.2 cm³/mol. The van der Waals surface area contributed by atoms with Crippen LogP contribution in [0.2, 0.25) is 0 Å². The van der Waals surface area contributed by atoms with Gasteiger partial charge in [0.25, 0.3) is 0 Å². The molecule has 0 bridgehead atoms. The van der Waals surface area contributed by atoms with Crippen LogP contribution < -0.4 is 0 Å². The molecule has 5 nitrogen and oxygen atoms in total. The summed E-state index contributed by atoms with van der Waals surface area (Å²) in [6.45, 7) is 6.18. The van der Waals surface area contributed by atoms with E-state index in [1.165, 1.54) is 0 Å². The van der Waals surface area contributed by atoms with Gasteiger partial charge in [-0.25, -0.2) is 9.97 Å². The predicted octanol–water partition coefficient (Wildman–Crippen LogP) is 0.283. The van der Waals surface area contributed by atoms with E-state index in [2.05, 4.69) is 26.8 Å². The summed E-state index contributed by atoms with van der Waals surface area (Å²) < 4.78 is 0. The summed E-state index contributed by atoms with van der Waals surface area (Å²) in [5.74, 6) is 0.815. The van der Waals surface area contributed by atoms with Gasteiger partial charge in [-0.2, -0.15) is 0 Å². The Hall–Kier alpha value is -1.04. The monoisotopic (exact) mass is 250 g/mol. The Morgan fingerprint density at radius 3 is 2.72 bits per heavy atom. The first-order valence-electron chi connectivity index (χ1n) is 6.50. The van der Waals surface area contributed by atoms with E-state index >= 15 is 0 Å². The van der Waals surface area contributed by atoms with Crippen molar-refractivity contribution in [3.05, 3.63) is 23.8 Å². The Balaban J connectivity index is 1.91. The average molecular weight is 250 g/mol. The zero-order chi connectivity index (χ0) is 13.0. The summed E-state index contributed by atoms with van der Waals surface area (Å²) in [5.41, 5.74) is 1.16. The van der Waals surface area contributed by atoms with Crippen molar-refractivity contribution in [1.82, 2.24) is 19.8 Å². The van der Waals surface area contributed by atoms with E-state index in [1.54, 1.807) is 0 Å². The molecule has 2 rings (SSSR count). The van der Waals surface area contributed by atoms with Crippen LogP contribution in [0.25, 0.3) is 0 Å². The highest BCUT2D eigenvalue weighted by molar-refractivity contribution is 5.05. The summed E-state index contributed by atoms with van der Waals surface area (Å²) in [5, 5.41) is 9.08.